The van der Waals surface area contributed by atoms with Crippen LogP contribution < -0.4 is 10.5 Å². The fraction of sp³-hybridized carbons (Fsp3) is 0.417. The predicted octanol–water partition coefficient (Wildman–Crippen LogP) is -0.788. The van der Waals surface area contributed by atoms with Crippen LogP contribution in [0.1, 0.15) is 0 Å². The number of amides is 1. The van der Waals surface area contributed by atoms with Gasteiger partial charge in [0.05, 0.1) is 12.2 Å². The van der Waals surface area contributed by atoms with Crippen molar-refractivity contribution in [1.82, 2.24) is 4.90 Å². The van der Waals surface area contributed by atoms with Crippen LogP contribution in [0.5, 0.6) is 5.75 Å². The average molecular weight is 252 g/mol. The van der Waals surface area contributed by atoms with E-state index >= 15 is 0 Å². The molecule has 6 nitrogen and oxygen atoms in total. The second kappa shape index (κ2) is 5.24. The van der Waals surface area contributed by atoms with Crippen LogP contribution in [0.15, 0.2) is 24.3 Å². The maximum atomic E-state index is 11.7. The van der Waals surface area contributed by atoms with Gasteiger partial charge in [-0.2, -0.15) is 0 Å². The van der Waals surface area contributed by atoms with Crippen LogP contribution in [0.2, 0.25) is 0 Å². The number of nitrogens with two attached hydrogens (primary N) is 1. The van der Waals surface area contributed by atoms with E-state index in [0.717, 1.165) is 0 Å². The maximum absolute atomic E-state index is 11.7. The van der Waals surface area contributed by atoms with Crippen molar-refractivity contribution >= 4 is 11.6 Å². The minimum atomic E-state index is -0.874. The first-order chi connectivity index (χ1) is 8.56. The number of ether oxygens (including phenoxy) is 1. The number of aliphatic hydroxyl groups is 2. The molecule has 1 aliphatic heterocycles. The van der Waals surface area contributed by atoms with Crippen LogP contribution >= 0.6 is 0 Å². The number of hydrogen-bond donors (Lipinski definition) is 3. The molecular weight excluding hydrogens is 236 g/mol. The highest BCUT2D eigenvalue weighted by atomic mass is 16.5. The highest BCUT2D eigenvalue weighted by Gasteiger charge is 2.32. The van der Waals surface area contributed by atoms with E-state index in [0.29, 0.717) is 11.4 Å². The van der Waals surface area contributed by atoms with Crippen LogP contribution in [0, 0.1) is 0 Å². The molecule has 1 aromatic rings. The second-order valence-corrected chi connectivity index (χ2v) is 4.29. The molecule has 1 saturated heterocycles. The van der Waals surface area contributed by atoms with Gasteiger partial charge in [0.15, 0.2) is 6.61 Å². The van der Waals surface area contributed by atoms with Gasteiger partial charge in [-0.3, -0.25) is 4.79 Å². The number of benzene rings is 1. The summed E-state index contributed by atoms with van der Waals surface area (Å²) in [5.74, 6) is 0.247. The predicted molar refractivity (Wildman–Crippen MR) is 64.9 cm³/mol. The number of carbonyl (C=O) groups excluding carboxylic acids is 1. The standard InChI is InChI=1S/C12H16N2O4/c13-8-2-1-3-9(4-8)18-7-12(17)14-5-10(15)11(16)6-14/h1-4,10-11,15-16H,5-7,13H2/t10-,11+. The molecule has 0 unspecified atom stereocenters. The summed E-state index contributed by atoms with van der Waals surface area (Å²) in [4.78, 5) is 13.1. The lowest BCUT2D eigenvalue weighted by molar-refractivity contribution is -0.132. The summed E-state index contributed by atoms with van der Waals surface area (Å²) in [7, 11) is 0. The Kier molecular flexibility index (Phi) is 3.69. The lowest BCUT2D eigenvalue weighted by Crippen LogP contribution is -2.33. The molecule has 0 saturated carbocycles. The largest absolute Gasteiger partial charge is 0.484 e. The Hall–Kier alpha value is -1.79. The molecule has 4 N–H and O–H groups in total. The van der Waals surface area contributed by atoms with Crippen molar-refractivity contribution < 1.29 is 19.7 Å². The van der Waals surface area contributed by atoms with E-state index in [2.05, 4.69) is 0 Å². The number of likely N-dealkylation sites (tertiary alicyclic amines) is 1. The van der Waals surface area contributed by atoms with Crippen molar-refractivity contribution in [3.63, 3.8) is 0 Å². The Morgan fingerprint density at radius 1 is 1.39 bits per heavy atom. The number of anilines is 1. The van der Waals surface area contributed by atoms with Gasteiger partial charge in [0.1, 0.15) is 5.75 Å². The lowest BCUT2D eigenvalue weighted by Gasteiger charge is -2.15. The normalized spacial score (nSPS) is 23.1. The van der Waals surface area contributed by atoms with E-state index in [1.54, 1.807) is 24.3 Å². The van der Waals surface area contributed by atoms with Crippen LogP contribution in [0.3, 0.4) is 0 Å². The second-order valence-electron chi connectivity index (χ2n) is 4.29. The first-order valence-electron chi connectivity index (χ1n) is 5.68. The van der Waals surface area contributed by atoms with Gasteiger partial charge in [0.2, 0.25) is 0 Å². The van der Waals surface area contributed by atoms with Crippen molar-refractivity contribution in [1.29, 1.82) is 0 Å². The lowest BCUT2D eigenvalue weighted by atomic mass is 10.3. The van der Waals surface area contributed by atoms with Gasteiger partial charge in [-0.15, -0.1) is 0 Å². The van der Waals surface area contributed by atoms with Crippen molar-refractivity contribution in [2.75, 3.05) is 25.4 Å². The van der Waals surface area contributed by atoms with Crippen molar-refractivity contribution in [2.45, 2.75) is 12.2 Å². The Morgan fingerprint density at radius 3 is 2.67 bits per heavy atom. The van der Waals surface area contributed by atoms with Crippen LogP contribution in [0.25, 0.3) is 0 Å². The summed E-state index contributed by atoms with van der Waals surface area (Å²) in [5.41, 5.74) is 6.14. The zero-order chi connectivity index (χ0) is 13.1. The summed E-state index contributed by atoms with van der Waals surface area (Å²) in [5, 5.41) is 18.7. The molecule has 0 spiro atoms. The summed E-state index contributed by atoms with van der Waals surface area (Å²) in [6.45, 7) is 0.142. The number of nitrogens with zero attached hydrogens (tertiary/aromatic N) is 1. The molecular formula is C12H16N2O4. The first-order valence-corrected chi connectivity index (χ1v) is 5.68. The van der Waals surface area contributed by atoms with E-state index in [9.17, 15) is 15.0 Å². The molecule has 1 heterocycles. The molecule has 1 fully saturated rings. The quantitative estimate of drug-likeness (QED) is 0.613. The summed E-state index contributed by atoms with van der Waals surface area (Å²) >= 11 is 0. The summed E-state index contributed by atoms with van der Waals surface area (Å²) < 4.78 is 5.30. The third-order valence-corrected chi connectivity index (χ3v) is 2.83. The van der Waals surface area contributed by atoms with Crippen LogP contribution in [-0.4, -0.2) is 52.9 Å². The van der Waals surface area contributed by atoms with E-state index in [1.165, 1.54) is 4.90 Å². The number of carbonyl (C=O) groups is 1. The Labute approximate surface area is 105 Å². The molecule has 0 aliphatic carbocycles. The highest BCUT2D eigenvalue weighted by molar-refractivity contribution is 5.78. The topological polar surface area (TPSA) is 96.0 Å². The number of β-amino-alcohol motifs (C(OH)–C–C–N with tert-alkyl or cyclic N) is 2. The Morgan fingerprint density at radius 2 is 2.06 bits per heavy atom. The zero-order valence-electron chi connectivity index (χ0n) is 9.82. The minimum absolute atomic E-state index is 0.136. The highest BCUT2D eigenvalue weighted by Crippen LogP contribution is 2.15. The van der Waals surface area contributed by atoms with Gasteiger partial charge in [-0.1, -0.05) is 6.07 Å². The molecule has 0 bridgehead atoms. The van der Waals surface area contributed by atoms with Gasteiger partial charge in [0, 0.05) is 24.8 Å². The molecule has 18 heavy (non-hydrogen) atoms. The van der Waals surface area contributed by atoms with Crippen LogP contribution in [-0.2, 0) is 4.79 Å². The summed E-state index contributed by atoms with van der Waals surface area (Å²) in [6.07, 6.45) is -1.75. The molecule has 98 valence electrons. The van der Waals surface area contributed by atoms with Crippen molar-refractivity contribution in [3.8, 4) is 5.75 Å². The number of nitrogen functional groups attached to an aromatic ring is 1. The minimum Gasteiger partial charge on any atom is -0.484 e. The molecule has 0 aromatic heterocycles. The van der Waals surface area contributed by atoms with E-state index in [4.69, 9.17) is 10.5 Å². The molecule has 2 rings (SSSR count). The third kappa shape index (κ3) is 2.91. The Balaban J connectivity index is 1.85. The Bertz CT molecular complexity index is 428. The van der Waals surface area contributed by atoms with E-state index in [-0.39, 0.29) is 25.6 Å². The first kappa shape index (κ1) is 12.7. The molecule has 1 aromatic carbocycles. The van der Waals surface area contributed by atoms with Gasteiger partial charge < -0.3 is 25.6 Å². The third-order valence-electron chi connectivity index (χ3n) is 2.83. The van der Waals surface area contributed by atoms with E-state index in [1.807, 2.05) is 0 Å². The van der Waals surface area contributed by atoms with Gasteiger partial charge in [0.25, 0.3) is 5.91 Å². The summed E-state index contributed by atoms with van der Waals surface area (Å²) in [6, 6.07) is 6.79. The number of aliphatic hydroxyl groups excluding tert-OH is 2. The van der Waals surface area contributed by atoms with Crippen molar-refractivity contribution in [3.05, 3.63) is 24.3 Å². The maximum Gasteiger partial charge on any atom is 0.260 e. The monoisotopic (exact) mass is 252 g/mol. The number of hydrogen-bond acceptors (Lipinski definition) is 5. The van der Waals surface area contributed by atoms with Gasteiger partial charge >= 0.3 is 0 Å². The molecule has 1 aliphatic rings. The molecule has 2 atom stereocenters. The average Bonchev–Trinajstić information content (AvgIpc) is 2.67. The van der Waals surface area contributed by atoms with Gasteiger partial charge in [-0.25, -0.2) is 0 Å². The molecule has 6 heteroatoms. The zero-order valence-corrected chi connectivity index (χ0v) is 9.82. The van der Waals surface area contributed by atoms with Crippen LogP contribution in [0.4, 0.5) is 5.69 Å². The number of rotatable bonds is 3. The van der Waals surface area contributed by atoms with Gasteiger partial charge in [-0.05, 0) is 12.1 Å². The van der Waals surface area contributed by atoms with Crippen molar-refractivity contribution in [2.24, 2.45) is 0 Å². The smallest absolute Gasteiger partial charge is 0.260 e. The fourth-order valence-electron chi connectivity index (χ4n) is 1.81. The molecule has 0 radical (unpaired) electrons. The van der Waals surface area contributed by atoms with E-state index < -0.39 is 12.2 Å². The molecule has 1 amide bonds. The SMILES string of the molecule is Nc1cccc(OCC(=O)N2C[C@@H](O)[C@@H](O)C2)c1. The fourth-order valence-corrected chi connectivity index (χ4v) is 1.81.